The van der Waals surface area contributed by atoms with Crippen molar-refractivity contribution in [3.63, 3.8) is 0 Å². The van der Waals surface area contributed by atoms with E-state index < -0.39 is 15.9 Å². The lowest BCUT2D eigenvalue weighted by atomic mass is 10.1. The molecular formula is C10H13N3O5S. The first-order chi connectivity index (χ1) is 8.84. The van der Waals surface area contributed by atoms with Gasteiger partial charge in [0.25, 0.3) is 5.91 Å². The van der Waals surface area contributed by atoms with Crippen LogP contribution in [0.3, 0.4) is 0 Å². The van der Waals surface area contributed by atoms with Crippen LogP contribution in [0.5, 0.6) is 5.75 Å². The van der Waals surface area contributed by atoms with E-state index in [9.17, 15) is 18.0 Å². The van der Waals surface area contributed by atoms with Crippen molar-refractivity contribution in [2.24, 2.45) is 5.84 Å². The number of carbonyl (C=O) groups is 2. The quantitative estimate of drug-likeness (QED) is 0.289. The van der Waals surface area contributed by atoms with Gasteiger partial charge < -0.3 is 4.74 Å². The fourth-order valence-electron chi connectivity index (χ4n) is 1.47. The van der Waals surface area contributed by atoms with E-state index in [1.807, 2.05) is 5.43 Å². The second kappa shape index (κ2) is 5.67. The number of rotatable bonds is 5. The first-order valence-electron chi connectivity index (χ1n) is 4.99. The van der Waals surface area contributed by atoms with E-state index in [1.165, 1.54) is 19.2 Å². The highest BCUT2D eigenvalue weighted by atomic mass is 32.2. The number of hydrogen-bond acceptors (Lipinski definition) is 6. The second-order valence-electron chi connectivity index (χ2n) is 3.57. The van der Waals surface area contributed by atoms with Crippen LogP contribution in [-0.4, -0.2) is 34.0 Å². The smallest absolute Gasteiger partial charge is 0.268 e. The van der Waals surface area contributed by atoms with Gasteiger partial charge in [0, 0.05) is 5.56 Å². The predicted molar refractivity (Wildman–Crippen MR) is 68.5 cm³/mol. The van der Waals surface area contributed by atoms with Gasteiger partial charge in [0.05, 0.1) is 18.9 Å². The second-order valence-corrected chi connectivity index (χ2v) is 5.32. The molecule has 1 aromatic rings. The third kappa shape index (κ3) is 3.42. The number of anilines is 1. The largest absolute Gasteiger partial charge is 0.495 e. The normalized spacial score (nSPS) is 10.7. The van der Waals surface area contributed by atoms with Crippen molar-refractivity contribution in [1.82, 2.24) is 5.43 Å². The van der Waals surface area contributed by atoms with E-state index in [0.717, 1.165) is 6.26 Å². The molecule has 1 rings (SSSR count). The average Bonchev–Trinajstić information content (AvgIpc) is 2.35. The van der Waals surface area contributed by atoms with Crippen LogP contribution in [0.25, 0.3) is 0 Å². The molecule has 4 N–H and O–H groups in total. The minimum Gasteiger partial charge on any atom is -0.495 e. The van der Waals surface area contributed by atoms with Crippen LogP contribution < -0.4 is 20.7 Å². The standard InChI is InChI=1S/C10H13N3O5S/c1-18-7-4-3-6(5-14)8(10(15)12-11)9(7)13-19(2,16)17/h3-5,13H,11H2,1-2H3,(H,12,15). The summed E-state index contributed by atoms with van der Waals surface area (Å²) in [5.74, 6) is 4.30. The van der Waals surface area contributed by atoms with E-state index in [0.29, 0.717) is 6.29 Å². The van der Waals surface area contributed by atoms with Crippen molar-refractivity contribution in [3.8, 4) is 5.75 Å². The maximum absolute atomic E-state index is 11.7. The molecule has 0 aliphatic rings. The van der Waals surface area contributed by atoms with Crippen molar-refractivity contribution < 1.29 is 22.7 Å². The zero-order valence-corrected chi connectivity index (χ0v) is 11.1. The average molecular weight is 287 g/mol. The van der Waals surface area contributed by atoms with Gasteiger partial charge >= 0.3 is 0 Å². The number of hydrogen-bond donors (Lipinski definition) is 3. The molecule has 1 amide bonds. The number of amides is 1. The summed E-state index contributed by atoms with van der Waals surface area (Å²) < 4.78 is 29.7. The molecule has 0 fully saturated rings. The summed E-state index contributed by atoms with van der Waals surface area (Å²) >= 11 is 0. The highest BCUT2D eigenvalue weighted by Crippen LogP contribution is 2.31. The van der Waals surface area contributed by atoms with Gasteiger partial charge in [-0.3, -0.25) is 19.7 Å². The molecule has 0 aliphatic carbocycles. The number of hydrazine groups is 1. The molecule has 0 radical (unpaired) electrons. The number of ether oxygens (including phenoxy) is 1. The molecule has 9 heteroatoms. The molecule has 0 bridgehead atoms. The maximum Gasteiger partial charge on any atom is 0.268 e. The van der Waals surface area contributed by atoms with E-state index in [-0.39, 0.29) is 22.6 Å². The van der Waals surface area contributed by atoms with Crippen LogP contribution in [0.4, 0.5) is 5.69 Å². The topological polar surface area (TPSA) is 128 Å². The summed E-state index contributed by atoms with van der Waals surface area (Å²) in [7, 11) is -2.37. The van der Waals surface area contributed by atoms with Crippen LogP contribution in [0.1, 0.15) is 20.7 Å². The molecule has 0 aromatic heterocycles. The Kier molecular flexibility index (Phi) is 4.46. The summed E-state index contributed by atoms with van der Waals surface area (Å²) in [4.78, 5) is 22.6. The number of nitrogen functional groups attached to an aromatic ring is 1. The Morgan fingerprint density at radius 2 is 2.05 bits per heavy atom. The van der Waals surface area contributed by atoms with Gasteiger partial charge in [-0.2, -0.15) is 0 Å². The van der Waals surface area contributed by atoms with Crippen LogP contribution in [-0.2, 0) is 10.0 Å². The van der Waals surface area contributed by atoms with Crippen LogP contribution in [0.2, 0.25) is 0 Å². The summed E-state index contributed by atoms with van der Waals surface area (Å²) in [6.45, 7) is 0. The van der Waals surface area contributed by atoms with Gasteiger partial charge in [-0.15, -0.1) is 0 Å². The molecule has 0 atom stereocenters. The molecule has 0 saturated heterocycles. The van der Waals surface area contributed by atoms with Crippen molar-refractivity contribution in [2.45, 2.75) is 0 Å². The lowest BCUT2D eigenvalue weighted by Crippen LogP contribution is -2.32. The van der Waals surface area contributed by atoms with Crippen molar-refractivity contribution in [2.75, 3.05) is 18.1 Å². The first-order valence-corrected chi connectivity index (χ1v) is 6.88. The van der Waals surface area contributed by atoms with Gasteiger partial charge in [-0.1, -0.05) is 0 Å². The lowest BCUT2D eigenvalue weighted by molar-refractivity contribution is 0.0949. The summed E-state index contributed by atoms with van der Waals surface area (Å²) in [6, 6.07) is 2.69. The number of aldehydes is 1. The van der Waals surface area contributed by atoms with Gasteiger partial charge in [-0.05, 0) is 12.1 Å². The number of carbonyl (C=O) groups excluding carboxylic acids is 2. The highest BCUT2D eigenvalue weighted by molar-refractivity contribution is 7.92. The van der Waals surface area contributed by atoms with Gasteiger partial charge in [0.15, 0.2) is 6.29 Å². The number of nitrogens with one attached hydrogen (secondary N) is 2. The number of benzene rings is 1. The van der Waals surface area contributed by atoms with E-state index in [1.54, 1.807) is 0 Å². The van der Waals surface area contributed by atoms with E-state index in [4.69, 9.17) is 10.6 Å². The lowest BCUT2D eigenvalue weighted by Gasteiger charge is -2.15. The monoisotopic (exact) mass is 287 g/mol. The molecule has 0 saturated carbocycles. The van der Waals surface area contributed by atoms with Gasteiger partial charge in [0.2, 0.25) is 10.0 Å². The fraction of sp³-hybridized carbons (Fsp3) is 0.200. The molecule has 0 heterocycles. The van der Waals surface area contributed by atoms with Crippen molar-refractivity contribution in [3.05, 3.63) is 23.3 Å². The van der Waals surface area contributed by atoms with Crippen molar-refractivity contribution >= 4 is 27.9 Å². The Morgan fingerprint density at radius 3 is 2.47 bits per heavy atom. The number of sulfonamides is 1. The van der Waals surface area contributed by atoms with Crippen LogP contribution in [0, 0.1) is 0 Å². The zero-order valence-electron chi connectivity index (χ0n) is 10.3. The molecule has 0 aliphatic heterocycles. The molecule has 19 heavy (non-hydrogen) atoms. The Bertz CT molecular complexity index is 612. The van der Waals surface area contributed by atoms with Gasteiger partial charge in [-0.25, -0.2) is 14.3 Å². The third-order valence-corrected chi connectivity index (χ3v) is 2.77. The summed E-state index contributed by atoms with van der Waals surface area (Å²) in [5.41, 5.74) is 1.48. The number of methoxy groups -OCH3 is 1. The van der Waals surface area contributed by atoms with Crippen molar-refractivity contribution in [1.29, 1.82) is 0 Å². The summed E-state index contributed by atoms with van der Waals surface area (Å²) in [5, 5.41) is 0. The Hall–Kier alpha value is -2.13. The molecule has 1 aromatic carbocycles. The summed E-state index contributed by atoms with van der Waals surface area (Å²) in [6.07, 6.45) is 1.32. The maximum atomic E-state index is 11.7. The van der Waals surface area contributed by atoms with E-state index >= 15 is 0 Å². The minimum absolute atomic E-state index is 0.0186. The highest BCUT2D eigenvalue weighted by Gasteiger charge is 2.21. The molecular weight excluding hydrogens is 274 g/mol. The minimum atomic E-state index is -3.67. The van der Waals surface area contributed by atoms with Crippen LogP contribution in [0.15, 0.2) is 12.1 Å². The SMILES string of the molecule is COc1ccc(C=O)c(C(=O)NN)c1NS(C)(=O)=O. The predicted octanol–water partition coefficient (Wildman–Crippen LogP) is -0.517. The zero-order chi connectivity index (χ0) is 14.6. The molecule has 8 nitrogen and oxygen atoms in total. The number of nitrogens with two attached hydrogens (primary N) is 1. The van der Waals surface area contributed by atoms with Crippen LogP contribution >= 0.6 is 0 Å². The molecule has 0 spiro atoms. The Morgan fingerprint density at radius 1 is 1.42 bits per heavy atom. The molecule has 0 unspecified atom stereocenters. The first kappa shape index (κ1) is 14.9. The van der Waals surface area contributed by atoms with Gasteiger partial charge in [0.1, 0.15) is 11.4 Å². The fourth-order valence-corrected chi connectivity index (χ4v) is 2.04. The third-order valence-electron chi connectivity index (χ3n) is 2.19. The Balaban J connectivity index is 3.61. The Labute approximate surface area is 109 Å². The van der Waals surface area contributed by atoms with E-state index in [2.05, 4.69) is 4.72 Å². The molecule has 104 valence electrons.